The summed E-state index contributed by atoms with van der Waals surface area (Å²) in [4.78, 5) is 0. The third-order valence-electron chi connectivity index (χ3n) is 4.77. The van der Waals surface area contributed by atoms with Crippen LogP contribution in [0.3, 0.4) is 0 Å². The van der Waals surface area contributed by atoms with Crippen molar-refractivity contribution >= 4 is 0 Å². The average molecular weight is 277 g/mol. The Morgan fingerprint density at radius 1 is 1.10 bits per heavy atom. The van der Waals surface area contributed by atoms with Gasteiger partial charge in [0.05, 0.1) is 14.2 Å². The first kappa shape index (κ1) is 15.2. The van der Waals surface area contributed by atoms with Crippen molar-refractivity contribution in [1.82, 2.24) is 0 Å². The van der Waals surface area contributed by atoms with Crippen LogP contribution >= 0.6 is 0 Å². The minimum Gasteiger partial charge on any atom is -0.496 e. The summed E-state index contributed by atoms with van der Waals surface area (Å²) in [5.74, 6) is 1.90. The predicted octanol–water partition coefficient (Wildman–Crippen LogP) is 3.43. The summed E-state index contributed by atoms with van der Waals surface area (Å²) < 4.78 is 11.2. The zero-order valence-corrected chi connectivity index (χ0v) is 13.0. The Morgan fingerprint density at radius 3 is 2.30 bits per heavy atom. The molecule has 0 amide bonds. The zero-order chi connectivity index (χ0) is 14.6. The second-order valence-corrected chi connectivity index (χ2v) is 5.73. The normalized spacial score (nSPS) is 17.8. The van der Waals surface area contributed by atoms with Crippen molar-refractivity contribution in [3.8, 4) is 11.5 Å². The largest absolute Gasteiger partial charge is 0.496 e. The van der Waals surface area contributed by atoms with E-state index < -0.39 is 0 Å². The van der Waals surface area contributed by atoms with Crippen LogP contribution < -0.4 is 15.2 Å². The zero-order valence-electron chi connectivity index (χ0n) is 13.0. The monoisotopic (exact) mass is 277 g/mol. The minimum atomic E-state index is 0.0831. The first-order chi connectivity index (χ1) is 9.72. The van der Waals surface area contributed by atoms with E-state index in [0.717, 1.165) is 36.3 Å². The van der Waals surface area contributed by atoms with Crippen LogP contribution in [0.1, 0.15) is 50.2 Å². The molecular formula is C17H27NO2. The second kappa shape index (κ2) is 6.49. The van der Waals surface area contributed by atoms with Crippen LogP contribution in [0.4, 0.5) is 0 Å². The molecule has 0 aromatic heterocycles. The molecule has 0 spiro atoms. The van der Waals surface area contributed by atoms with E-state index in [-0.39, 0.29) is 5.41 Å². The van der Waals surface area contributed by atoms with E-state index in [1.165, 1.54) is 24.8 Å². The summed E-state index contributed by atoms with van der Waals surface area (Å²) in [6.45, 7) is 2.83. The van der Waals surface area contributed by atoms with Crippen LogP contribution in [-0.2, 0) is 11.8 Å². The standard InChI is InChI=1S/C17H27NO2/c1-4-13-15(19-2)9-8-14(16(13)20-3)17(12-18)10-6-5-7-11-17/h8-9H,4-7,10-12,18H2,1-3H3. The minimum absolute atomic E-state index is 0.0831. The van der Waals surface area contributed by atoms with Gasteiger partial charge in [0.1, 0.15) is 11.5 Å². The number of methoxy groups -OCH3 is 2. The summed E-state index contributed by atoms with van der Waals surface area (Å²) in [5, 5.41) is 0. The summed E-state index contributed by atoms with van der Waals surface area (Å²) in [6.07, 6.45) is 7.06. The second-order valence-electron chi connectivity index (χ2n) is 5.73. The van der Waals surface area contributed by atoms with Crippen molar-refractivity contribution in [3.63, 3.8) is 0 Å². The van der Waals surface area contributed by atoms with Gasteiger partial charge in [0.15, 0.2) is 0 Å². The number of nitrogens with two attached hydrogens (primary N) is 1. The molecule has 0 saturated heterocycles. The molecule has 1 aliphatic carbocycles. The molecule has 112 valence electrons. The van der Waals surface area contributed by atoms with E-state index in [4.69, 9.17) is 15.2 Å². The van der Waals surface area contributed by atoms with E-state index in [0.29, 0.717) is 6.54 Å². The van der Waals surface area contributed by atoms with Gasteiger partial charge < -0.3 is 15.2 Å². The molecule has 1 aromatic rings. The number of benzene rings is 1. The molecule has 0 aliphatic heterocycles. The Bertz CT molecular complexity index is 451. The van der Waals surface area contributed by atoms with Gasteiger partial charge in [0, 0.05) is 23.1 Å². The highest BCUT2D eigenvalue weighted by atomic mass is 16.5. The quantitative estimate of drug-likeness (QED) is 0.897. The van der Waals surface area contributed by atoms with Gasteiger partial charge >= 0.3 is 0 Å². The lowest BCUT2D eigenvalue weighted by atomic mass is 9.68. The van der Waals surface area contributed by atoms with E-state index >= 15 is 0 Å². The van der Waals surface area contributed by atoms with Crippen molar-refractivity contribution in [3.05, 3.63) is 23.3 Å². The van der Waals surface area contributed by atoms with Gasteiger partial charge in [0.2, 0.25) is 0 Å². The summed E-state index contributed by atoms with van der Waals surface area (Å²) in [7, 11) is 3.47. The van der Waals surface area contributed by atoms with Crippen LogP contribution in [0.25, 0.3) is 0 Å². The van der Waals surface area contributed by atoms with Gasteiger partial charge in [-0.25, -0.2) is 0 Å². The molecule has 2 N–H and O–H groups in total. The van der Waals surface area contributed by atoms with Gasteiger partial charge in [-0.05, 0) is 25.3 Å². The van der Waals surface area contributed by atoms with Crippen molar-refractivity contribution in [1.29, 1.82) is 0 Å². The lowest BCUT2D eigenvalue weighted by molar-refractivity contribution is 0.285. The molecule has 20 heavy (non-hydrogen) atoms. The molecule has 0 bridgehead atoms. The van der Waals surface area contributed by atoms with E-state index in [2.05, 4.69) is 19.1 Å². The highest BCUT2D eigenvalue weighted by molar-refractivity contribution is 5.53. The summed E-state index contributed by atoms with van der Waals surface area (Å²) in [5.41, 5.74) is 8.69. The van der Waals surface area contributed by atoms with Gasteiger partial charge in [-0.2, -0.15) is 0 Å². The first-order valence-corrected chi connectivity index (χ1v) is 7.66. The highest BCUT2D eigenvalue weighted by Gasteiger charge is 2.36. The molecule has 0 radical (unpaired) electrons. The smallest absolute Gasteiger partial charge is 0.129 e. The van der Waals surface area contributed by atoms with Crippen LogP contribution in [-0.4, -0.2) is 20.8 Å². The fourth-order valence-electron chi connectivity index (χ4n) is 3.60. The number of hydrogen-bond acceptors (Lipinski definition) is 3. The van der Waals surface area contributed by atoms with Gasteiger partial charge in [0.25, 0.3) is 0 Å². The fraction of sp³-hybridized carbons (Fsp3) is 0.647. The van der Waals surface area contributed by atoms with Crippen molar-refractivity contribution in [2.24, 2.45) is 5.73 Å². The number of ether oxygens (including phenoxy) is 2. The maximum Gasteiger partial charge on any atom is 0.129 e. The Hall–Kier alpha value is -1.22. The molecule has 1 saturated carbocycles. The lowest BCUT2D eigenvalue weighted by Crippen LogP contribution is -2.37. The SMILES string of the molecule is CCc1c(OC)ccc(C2(CN)CCCCC2)c1OC. The van der Waals surface area contributed by atoms with Crippen molar-refractivity contribution in [2.75, 3.05) is 20.8 Å². The predicted molar refractivity (Wildman–Crippen MR) is 82.7 cm³/mol. The average Bonchev–Trinajstić information content (AvgIpc) is 2.53. The van der Waals surface area contributed by atoms with Crippen LogP contribution in [0, 0.1) is 0 Å². The summed E-state index contributed by atoms with van der Waals surface area (Å²) in [6, 6.07) is 4.23. The van der Waals surface area contributed by atoms with Crippen molar-refractivity contribution in [2.45, 2.75) is 50.9 Å². The molecule has 3 nitrogen and oxygen atoms in total. The first-order valence-electron chi connectivity index (χ1n) is 7.66. The van der Waals surface area contributed by atoms with E-state index in [1.54, 1.807) is 14.2 Å². The molecule has 1 aromatic carbocycles. The topological polar surface area (TPSA) is 44.5 Å². The summed E-state index contributed by atoms with van der Waals surface area (Å²) >= 11 is 0. The van der Waals surface area contributed by atoms with Gasteiger partial charge in [-0.3, -0.25) is 0 Å². The lowest BCUT2D eigenvalue weighted by Gasteiger charge is -2.38. The fourth-order valence-corrected chi connectivity index (χ4v) is 3.60. The number of rotatable bonds is 5. The maximum atomic E-state index is 6.17. The van der Waals surface area contributed by atoms with E-state index in [1.807, 2.05) is 0 Å². The highest BCUT2D eigenvalue weighted by Crippen LogP contribution is 2.45. The molecule has 0 heterocycles. The Labute approximate surface area is 122 Å². The van der Waals surface area contributed by atoms with Gasteiger partial charge in [-0.15, -0.1) is 0 Å². The molecule has 2 rings (SSSR count). The third-order valence-corrected chi connectivity index (χ3v) is 4.77. The molecule has 1 fully saturated rings. The Kier molecular flexibility index (Phi) is 4.92. The number of hydrogen-bond donors (Lipinski definition) is 1. The maximum absolute atomic E-state index is 6.17. The Balaban J connectivity index is 2.54. The third kappa shape index (κ3) is 2.51. The van der Waals surface area contributed by atoms with Crippen LogP contribution in [0.15, 0.2) is 12.1 Å². The molecule has 3 heteroatoms. The molecular weight excluding hydrogens is 250 g/mol. The van der Waals surface area contributed by atoms with Gasteiger partial charge in [-0.1, -0.05) is 32.3 Å². The molecule has 0 unspecified atom stereocenters. The Morgan fingerprint density at radius 2 is 1.80 bits per heavy atom. The van der Waals surface area contributed by atoms with Crippen molar-refractivity contribution < 1.29 is 9.47 Å². The van der Waals surface area contributed by atoms with Crippen LogP contribution in [0.2, 0.25) is 0 Å². The molecule has 0 atom stereocenters. The van der Waals surface area contributed by atoms with E-state index in [9.17, 15) is 0 Å². The molecule has 1 aliphatic rings. The van der Waals surface area contributed by atoms with Crippen LogP contribution in [0.5, 0.6) is 11.5 Å².